The van der Waals surface area contributed by atoms with Crippen LogP contribution in [-0.4, -0.2) is 4.98 Å². The summed E-state index contributed by atoms with van der Waals surface area (Å²) in [6.45, 7) is 9.64. The molecule has 0 aliphatic rings. The predicted molar refractivity (Wildman–Crippen MR) is 74.2 cm³/mol. The maximum absolute atomic E-state index is 12.7. The average Bonchev–Trinajstić information content (AvgIpc) is 2.41. The number of nitrogens with zero attached hydrogens (tertiary/aromatic N) is 1. The Morgan fingerprint density at radius 2 is 1.58 bits per heavy atom. The van der Waals surface area contributed by atoms with Gasteiger partial charge in [0.2, 0.25) is 0 Å². The Labute approximate surface area is 112 Å². The number of fused-ring (bicyclic) bond motifs is 1. The van der Waals surface area contributed by atoms with E-state index in [2.05, 4.69) is 4.98 Å². The minimum Gasteiger partial charge on any atom is -0.256 e. The van der Waals surface area contributed by atoms with E-state index in [-0.39, 0.29) is 5.52 Å². The van der Waals surface area contributed by atoms with Gasteiger partial charge in [0.25, 0.3) is 0 Å². The molecule has 2 aromatic rings. The maximum atomic E-state index is 12.7. The van der Waals surface area contributed by atoms with Crippen LogP contribution in [0.25, 0.3) is 10.9 Å². The van der Waals surface area contributed by atoms with Crippen molar-refractivity contribution in [2.24, 2.45) is 0 Å². The molecule has 1 aromatic carbocycles. The molecule has 1 heterocycles. The van der Waals surface area contributed by atoms with Gasteiger partial charge < -0.3 is 0 Å². The van der Waals surface area contributed by atoms with Crippen molar-refractivity contribution in [1.82, 2.24) is 4.98 Å². The Morgan fingerprint density at radius 1 is 1.00 bits per heavy atom. The summed E-state index contributed by atoms with van der Waals surface area (Å²) in [5.74, 6) is 0. The second-order valence-electron chi connectivity index (χ2n) is 3.39. The Morgan fingerprint density at radius 3 is 2.11 bits per heavy atom. The third-order valence-corrected chi connectivity index (χ3v) is 2.15. The van der Waals surface area contributed by atoms with Gasteiger partial charge in [-0.25, -0.2) is 0 Å². The molecular weight excluding hydrogens is 251 g/mol. The first kappa shape index (κ1) is 17.4. The number of rotatable bonds is 0. The SMILES string of the molecule is CC.CC.Cc1cc(C(F)(F)F)c2ncccc2c1. The molecule has 0 bridgehead atoms. The van der Waals surface area contributed by atoms with Crippen LogP contribution in [0.5, 0.6) is 0 Å². The van der Waals surface area contributed by atoms with E-state index in [1.54, 1.807) is 25.1 Å². The van der Waals surface area contributed by atoms with Crippen molar-refractivity contribution in [2.75, 3.05) is 0 Å². The highest BCUT2D eigenvalue weighted by Gasteiger charge is 2.33. The molecule has 0 saturated carbocycles. The van der Waals surface area contributed by atoms with E-state index < -0.39 is 11.7 Å². The van der Waals surface area contributed by atoms with Crippen LogP contribution in [0, 0.1) is 6.92 Å². The van der Waals surface area contributed by atoms with Gasteiger partial charge in [-0.3, -0.25) is 4.98 Å². The largest absolute Gasteiger partial charge is 0.418 e. The lowest BCUT2D eigenvalue weighted by Crippen LogP contribution is -2.07. The zero-order valence-electron chi connectivity index (χ0n) is 12.0. The van der Waals surface area contributed by atoms with Crippen LogP contribution in [0.4, 0.5) is 13.2 Å². The van der Waals surface area contributed by atoms with Crippen LogP contribution in [0.15, 0.2) is 30.5 Å². The van der Waals surface area contributed by atoms with Gasteiger partial charge in [-0.1, -0.05) is 33.8 Å². The molecule has 0 radical (unpaired) electrons. The van der Waals surface area contributed by atoms with Gasteiger partial charge in [-0.2, -0.15) is 13.2 Å². The minimum absolute atomic E-state index is 0.00981. The zero-order chi connectivity index (χ0) is 15.1. The fourth-order valence-electron chi connectivity index (χ4n) is 1.56. The van der Waals surface area contributed by atoms with Gasteiger partial charge in [-0.15, -0.1) is 0 Å². The van der Waals surface area contributed by atoms with Crippen LogP contribution in [0.1, 0.15) is 38.8 Å². The van der Waals surface area contributed by atoms with E-state index in [4.69, 9.17) is 0 Å². The second kappa shape index (κ2) is 7.77. The number of benzene rings is 1. The monoisotopic (exact) mass is 271 g/mol. The molecule has 4 heteroatoms. The van der Waals surface area contributed by atoms with Crippen molar-refractivity contribution < 1.29 is 13.2 Å². The van der Waals surface area contributed by atoms with Gasteiger partial charge in [-0.05, 0) is 30.7 Å². The molecule has 0 spiro atoms. The van der Waals surface area contributed by atoms with E-state index >= 15 is 0 Å². The average molecular weight is 271 g/mol. The minimum atomic E-state index is -4.35. The fraction of sp³-hybridized carbons (Fsp3) is 0.400. The van der Waals surface area contributed by atoms with Crippen molar-refractivity contribution in [2.45, 2.75) is 40.8 Å². The molecule has 106 valence electrons. The molecule has 2 rings (SSSR count). The summed E-state index contributed by atoms with van der Waals surface area (Å²) in [5.41, 5.74) is -0.0727. The smallest absolute Gasteiger partial charge is 0.256 e. The van der Waals surface area contributed by atoms with E-state index in [0.29, 0.717) is 10.9 Å². The predicted octanol–water partition coefficient (Wildman–Crippen LogP) is 5.61. The number of hydrogen-bond acceptors (Lipinski definition) is 1. The van der Waals surface area contributed by atoms with E-state index in [1.807, 2.05) is 27.7 Å². The normalized spacial score (nSPS) is 10.1. The van der Waals surface area contributed by atoms with Crippen molar-refractivity contribution in [3.63, 3.8) is 0 Å². The Kier molecular flexibility index (Phi) is 7.12. The Hall–Kier alpha value is -1.58. The third kappa shape index (κ3) is 4.54. The molecule has 1 aromatic heterocycles. The zero-order valence-corrected chi connectivity index (χ0v) is 12.0. The molecule has 0 N–H and O–H groups in total. The van der Waals surface area contributed by atoms with Crippen LogP contribution in [0.3, 0.4) is 0 Å². The first-order chi connectivity index (χ1) is 8.98. The van der Waals surface area contributed by atoms with Crippen molar-refractivity contribution in [3.05, 3.63) is 41.6 Å². The molecule has 0 amide bonds. The van der Waals surface area contributed by atoms with E-state index in [1.165, 1.54) is 6.20 Å². The number of hydrogen-bond donors (Lipinski definition) is 0. The molecule has 0 saturated heterocycles. The Bertz CT molecular complexity index is 504. The van der Waals surface area contributed by atoms with Crippen molar-refractivity contribution in [1.29, 1.82) is 0 Å². The topological polar surface area (TPSA) is 12.9 Å². The Balaban J connectivity index is 0.000000741. The van der Waals surface area contributed by atoms with Crippen LogP contribution in [-0.2, 0) is 6.18 Å². The van der Waals surface area contributed by atoms with Crippen LogP contribution in [0.2, 0.25) is 0 Å². The van der Waals surface area contributed by atoms with Gasteiger partial charge in [0.15, 0.2) is 0 Å². The molecule has 0 fully saturated rings. The summed E-state index contributed by atoms with van der Waals surface area (Å²) in [5, 5.41) is 0.518. The highest BCUT2D eigenvalue weighted by Crippen LogP contribution is 2.34. The number of alkyl halides is 3. The quantitative estimate of drug-likeness (QED) is 0.606. The molecule has 19 heavy (non-hydrogen) atoms. The summed E-state index contributed by atoms with van der Waals surface area (Å²) in [6, 6.07) is 6.07. The number of halogens is 3. The highest BCUT2D eigenvalue weighted by molar-refractivity contribution is 5.82. The molecule has 0 atom stereocenters. The van der Waals surface area contributed by atoms with Gasteiger partial charge in [0.05, 0.1) is 11.1 Å². The molecule has 0 aliphatic heterocycles. The van der Waals surface area contributed by atoms with Crippen molar-refractivity contribution in [3.8, 4) is 0 Å². The highest BCUT2D eigenvalue weighted by atomic mass is 19.4. The summed E-state index contributed by atoms with van der Waals surface area (Å²) in [7, 11) is 0. The fourth-order valence-corrected chi connectivity index (χ4v) is 1.56. The lowest BCUT2D eigenvalue weighted by atomic mass is 10.1. The van der Waals surface area contributed by atoms with Crippen LogP contribution >= 0.6 is 0 Å². The number of aromatic nitrogens is 1. The summed E-state index contributed by atoms with van der Waals surface area (Å²) < 4.78 is 38.0. The first-order valence-electron chi connectivity index (χ1n) is 6.41. The van der Waals surface area contributed by atoms with Crippen molar-refractivity contribution >= 4 is 10.9 Å². The van der Waals surface area contributed by atoms with E-state index in [9.17, 15) is 13.2 Å². The summed E-state index contributed by atoms with van der Waals surface area (Å²) in [4.78, 5) is 3.77. The van der Waals surface area contributed by atoms with Gasteiger partial charge in [0.1, 0.15) is 0 Å². The lowest BCUT2D eigenvalue weighted by Gasteiger charge is -2.10. The summed E-state index contributed by atoms with van der Waals surface area (Å²) in [6.07, 6.45) is -2.98. The second-order valence-corrected chi connectivity index (χ2v) is 3.39. The maximum Gasteiger partial charge on any atom is 0.418 e. The third-order valence-electron chi connectivity index (χ3n) is 2.15. The van der Waals surface area contributed by atoms with Crippen LogP contribution < -0.4 is 0 Å². The first-order valence-corrected chi connectivity index (χ1v) is 6.41. The number of pyridine rings is 1. The standard InChI is InChI=1S/C11H8F3N.2C2H6/c1-7-5-8-3-2-4-15-10(8)9(6-7)11(12,13)14;2*1-2/h2-6H,1H3;2*1-2H3. The lowest BCUT2D eigenvalue weighted by molar-refractivity contribution is -0.136. The van der Waals surface area contributed by atoms with Gasteiger partial charge in [0, 0.05) is 11.6 Å². The molecule has 0 aliphatic carbocycles. The number of aryl methyl sites for hydroxylation is 1. The molecule has 1 nitrogen and oxygen atoms in total. The van der Waals surface area contributed by atoms with Gasteiger partial charge >= 0.3 is 6.18 Å². The summed E-state index contributed by atoms with van der Waals surface area (Å²) >= 11 is 0. The molecule has 0 unspecified atom stereocenters. The molecular formula is C15H20F3N. The van der Waals surface area contributed by atoms with E-state index in [0.717, 1.165) is 6.07 Å².